The van der Waals surface area contributed by atoms with Gasteiger partial charge in [-0.05, 0) is 49.7 Å². The van der Waals surface area contributed by atoms with Crippen molar-refractivity contribution in [2.75, 3.05) is 38.0 Å². The maximum absolute atomic E-state index is 12.5. The third-order valence-corrected chi connectivity index (χ3v) is 6.57. The highest BCUT2D eigenvalue weighted by atomic mass is 32.1. The number of rotatable bonds is 9. The van der Waals surface area contributed by atoms with Crippen LogP contribution in [0.4, 0.5) is 5.69 Å². The summed E-state index contributed by atoms with van der Waals surface area (Å²) < 4.78 is 4.86. The summed E-state index contributed by atoms with van der Waals surface area (Å²) in [6.07, 6.45) is 5.45. The Morgan fingerprint density at radius 3 is 2.63 bits per heavy atom. The van der Waals surface area contributed by atoms with Crippen molar-refractivity contribution in [3.8, 4) is 0 Å². The van der Waals surface area contributed by atoms with Gasteiger partial charge in [0.1, 0.15) is 32.5 Å². The second-order valence-electron chi connectivity index (χ2n) is 8.44. The van der Waals surface area contributed by atoms with Crippen LogP contribution in [0, 0.1) is 18.6 Å². The number of aryl methyl sites for hydroxylation is 2. The molecule has 2 aromatic rings. The van der Waals surface area contributed by atoms with E-state index in [1.807, 2.05) is 23.1 Å². The predicted octanol–water partition coefficient (Wildman–Crippen LogP) is 0.601. The van der Waals surface area contributed by atoms with Crippen LogP contribution in [-0.2, 0) is 18.0 Å². The molecule has 3 rings (SSSR count). The number of anilines is 1. The van der Waals surface area contributed by atoms with Gasteiger partial charge in [0.25, 0.3) is 5.91 Å². The Labute approximate surface area is 184 Å². The Kier molecular flexibility index (Phi) is 8.18. The normalized spacial score (nSPS) is 19.0. The summed E-state index contributed by atoms with van der Waals surface area (Å²) in [6.45, 7) is 12.6. The molecule has 1 aromatic carbocycles. The number of quaternary nitrogens is 2. The van der Waals surface area contributed by atoms with Crippen LogP contribution in [-0.4, -0.2) is 53.0 Å². The molecule has 1 aromatic heterocycles. The van der Waals surface area contributed by atoms with E-state index < -0.39 is 0 Å². The minimum Gasteiger partial charge on any atom is -0.321 e. The number of carbonyl (C=O) groups is 1. The van der Waals surface area contributed by atoms with E-state index in [1.54, 1.807) is 0 Å². The van der Waals surface area contributed by atoms with Gasteiger partial charge in [-0.3, -0.25) is 4.79 Å². The zero-order valence-electron chi connectivity index (χ0n) is 18.5. The molecule has 1 fully saturated rings. The van der Waals surface area contributed by atoms with Crippen molar-refractivity contribution in [2.24, 2.45) is 0 Å². The van der Waals surface area contributed by atoms with E-state index >= 15 is 0 Å². The Morgan fingerprint density at radius 2 is 1.90 bits per heavy atom. The first-order chi connectivity index (χ1) is 14.5. The summed E-state index contributed by atoms with van der Waals surface area (Å²) in [5.74, 6) is 0.0928. The molecule has 30 heavy (non-hydrogen) atoms. The number of benzene rings is 1. The minimum absolute atomic E-state index is 0.0928. The lowest BCUT2D eigenvalue weighted by atomic mass is 10.1. The van der Waals surface area contributed by atoms with Crippen LogP contribution >= 0.6 is 12.2 Å². The van der Waals surface area contributed by atoms with Crippen LogP contribution in [0.25, 0.3) is 0 Å². The first-order valence-corrected chi connectivity index (χ1v) is 11.5. The number of hydrogen-bond acceptors (Lipinski definition) is 3. The average Bonchev–Trinajstić information content (AvgIpc) is 3.07. The first-order valence-electron chi connectivity index (χ1n) is 11.1. The number of amides is 1. The average molecular weight is 433 g/mol. The highest BCUT2D eigenvalue weighted by Crippen LogP contribution is 2.17. The number of nitrogens with one attached hydrogen (secondary N) is 3. The number of carbonyl (C=O) groups excluding carboxylic acids is 1. The van der Waals surface area contributed by atoms with Gasteiger partial charge in [0, 0.05) is 12.2 Å². The quantitative estimate of drug-likeness (QED) is 0.402. The first kappa shape index (κ1) is 22.7. The molecule has 0 radical (unpaired) electrons. The Morgan fingerprint density at radius 1 is 1.17 bits per heavy atom. The van der Waals surface area contributed by atoms with Crippen molar-refractivity contribution in [1.29, 1.82) is 0 Å². The van der Waals surface area contributed by atoms with Crippen molar-refractivity contribution in [1.82, 2.24) is 14.3 Å². The van der Waals surface area contributed by atoms with Gasteiger partial charge in [-0.2, -0.15) is 9.78 Å². The number of hydrogen-bond donors (Lipinski definition) is 3. The lowest BCUT2D eigenvalue weighted by Crippen LogP contribution is -3.28. The van der Waals surface area contributed by atoms with Crippen molar-refractivity contribution < 1.29 is 14.6 Å². The summed E-state index contributed by atoms with van der Waals surface area (Å²) >= 11 is 5.60. The van der Waals surface area contributed by atoms with Gasteiger partial charge in [0.2, 0.25) is 4.77 Å². The van der Waals surface area contributed by atoms with Crippen LogP contribution < -0.4 is 15.1 Å². The number of piperazine rings is 1. The van der Waals surface area contributed by atoms with Crippen molar-refractivity contribution in [3.05, 3.63) is 40.4 Å². The van der Waals surface area contributed by atoms with E-state index in [-0.39, 0.29) is 5.91 Å². The predicted molar refractivity (Wildman–Crippen MR) is 121 cm³/mol. The largest absolute Gasteiger partial charge is 0.321 e. The number of nitrogens with zero attached hydrogens (tertiary/aromatic N) is 3. The van der Waals surface area contributed by atoms with Gasteiger partial charge in [-0.25, -0.2) is 0 Å². The van der Waals surface area contributed by atoms with Crippen molar-refractivity contribution in [3.63, 3.8) is 0 Å². The van der Waals surface area contributed by atoms with Crippen LogP contribution in [0.1, 0.15) is 37.3 Å². The molecular weight excluding hydrogens is 396 g/mol. The van der Waals surface area contributed by atoms with E-state index in [0.717, 1.165) is 61.8 Å². The topological polar surface area (TPSA) is 60.7 Å². The molecule has 0 aliphatic carbocycles. The zero-order chi connectivity index (χ0) is 21.5. The molecule has 1 aliphatic rings. The SMILES string of the molecule is CCCCCn1cnn(C[NH+]2CC[NH+](CC(=O)Nc3cccc(C)c3C)CC2)c1=S. The van der Waals surface area contributed by atoms with Crippen molar-refractivity contribution in [2.45, 2.75) is 53.2 Å². The number of aromatic nitrogens is 3. The summed E-state index contributed by atoms with van der Waals surface area (Å²) in [5, 5.41) is 7.59. The molecule has 0 unspecified atom stereocenters. The smallest absolute Gasteiger partial charge is 0.279 e. The molecule has 8 heteroatoms. The van der Waals surface area contributed by atoms with Gasteiger partial charge in [0.15, 0.2) is 13.2 Å². The highest BCUT2D eigenvalue weighted by Gasteiger charge is 2.25. The summed E-state index contributed by atoms with van der Waals surface area (Å²) in [6, 6.07) is 6.03. The molecule has 1 aliphatic heterocycles. The molecule has 0 saturated carbocycles. The van der Waals surface area contributed by atoms with E-state index in [0.29, 0.717) is 6.54 Å². The third kappa shape index (κ3) is 6.00. The molecule has 164 valence electrons. The van der Waals surface area contributed by atoms with Crippen LogP contribution in [0.2, 0.25) is 0 Å². The Bertz CT molecular complexity index is 897. The monoisotopic (exact) mass is 432 g/mol. The van der Waals surface area contributed by atoms with E-state index in [2.05, 4.69) is 41.8 Å². The summed E-state index contributed by atoms with van der Waals surface area (Å²) in [5.41, 5.74) is 3.26. The minimum atomic E-state index is 0.0928. The maximum atomic E-state index is 12.5. The molecule has 3 N–H and O–H groups in total. The molecule has 0 atom stereocenters. The van der Waals surface area contributed by atoms with E-state index in [9.17, 15) is 4.79 Å². The second-order valence-corrected chi connectivity index (χ2v) is 8.81. The standard InChI is InChI=1S/C22H34N6OS/c1-4-5-6-10-27-16-23-28(22(27)30)17-26-13-11-25(12-14-26)15-21(29)24-20-9-7-8-18(2)19(20)3/h7-9,16H,4-6,10-15,17H2,1-3H3,(H,24,29)/p+2. The van der Waals surface area contributed by atoms with Crippen LogP contribution in [0.5, 0.6) is 0 Å². The number of unbranched alkanes of at least 4 members (excludes halogenated alkanes) is 2. The van der Waals surface area contributed by atoms with Gasteiger partial charge in [-0.1, -0.05) is 31.9 Å². The molecule has 1 amide bonds. The fourth-order valence-electron chi connectivity index (χ4n) is 3.98. The lowest BCUT2D eigenvalue weighted by Gasteiger charge is -2.29. The molecule has 0 bridgehead atoms. The molecule has 0 spiro atoms. The van der Waals surface area contributed by atoms with E-state index in [1.165, 1.54) is 28.2 Å². The zero-order valence-corrected chi connectivity index (χ0v) is 19.4. The highest BCUT2D eigenvalue weighted by molar-refractivity contribution is 7.71. The van der Waals surface area contributed by atoms with E-state index in [4.69, 9.17) is 12.2 Å². The molecule has 7 nitrogen and oxygen atoms in total. The van der Waals surface area contributed by atoms with Gasteiger partial charge in [0.05, 0.1) is 0 Å². The van der Waals surface area contributed by atoms with Gasteiger partial charge < -0.3 is 19.7 Å². The fraction of sp³-hybridized carbons (Fsp3) is 0.591. The molecule has 1 saturated heterocycles. The van der Waals surface area contributed by atoms with Gasteiger partial charge >= 0.3 is 0 Å². The maximum Gasteiger partial charge on any atom is 0.279 e. The van der Waals surface area contributed by atoms with Crippen LogP contribution in [0.15, 0.2) is 24.5 Å². The third-order valence-electron chi connectivity index (χ3n) is 6.13. The summed E-state index contributed by atoms with van der Waals surface area (Å²) in [7, 11) is 0. The molecule has 2 heterocycles. The lowest BCUT2D eigenvalue weighted by molar-refractivity contribution is -1.02. The fourth-order valence-corrected chi connectivity index (χ4v) is 4.23. The Hall–Kier alpha value is -2.03. The Balaban J connectivity index is 1.44. The molecular formula is C22H36N6OS+2. The van der Waals surface area contributed by atoms with Gasteiger partial charge in [-0.15, -0.1) is 0 Å². The van der Waals surface area contributed by atoms with Crippen molar-refractivity contribution >= 4 is 23.8 Å². The second kappa shape index (κ2) is 10.8. The summed E-state index contributed by atoms with van der Waals surface area (Å²) in [4.78, 5) is 15.3. The van der Waals surface area contributed by atoms with Crippen LogP contribution in [0.3, 0.4) is 0 Å².